The lowest BCUT2D eigenvalue weighted by molar-refractivity contribution is 0.669. The Bertz CT molecular complexity index is 3290. The maximum atomic E-state index is 6.37. The van der Waals surface area contributed by atoms with Gasteiger partial charge in [0.2, 0.25) is 0 Å². The van der Waals surface area contributed by atoms with Gasteiger partial charge in [0.25, 0.3) is 0 Å². The SMILES string of the molecule is c1ccc2c(c1)oc1c(-c3ccc4ccc5ccc(-c6ccc7ccc8ccc(-c9cccc%10c9oc9ccccc9%10)nc8c7n6)nc5c4n3)cccc12. The number of benzene rings is 6. The van der Waals surface area contributed by atoms with E-state index in [-0.39, 0.29) is 0 Å². The summed E-state index contributed by atoms with van der Waals surface area (Å²) in [5, 5.41) is 8.39. The van der Waals surface area contributed by atoms with Crippen LogP contribution in [0, 0.1) is 0 Å². The Hall–Kier alpha value is -7.44. The number of furan rings is 2. The quantitative estimate of drug-likeness (QED) is 0.172. The third kappa shape index (κ3) is 4.28. The highest BCUT2D eigenvalue weighted by molar-refractivity contribution is 6.12. The monoisotopic (exact) mass is 690 g/mol. The highest BCUT2D eigenvalue weighted by atomic mass is 16.3. The summed E-state index contributed by atoms with van der Waals surface area (Å²) < 4.78 is 12.7. The van der Waals surface area contributed by atoms with E-state index < -0.39 is 0 Å². The Morgan fingerprint density at radius 2 is 0.611 bits per heavy atom. The number of rotatable bonds is 3. The van der Waals surface area contributed by atoms with Crippen LogP contribution in [0.1, 0.15) is 0 Å². The average molecular weight is 691 g/mol. The summed E-state index contributed by atoms with van der Waals surface area (Å²) in [5.74, 6) is 0. The molecular formula is C48H26N4O2. The van der Waals surface area contributed by atoms with Crippen molar-refractivity contribution in [3.05, 3.63) is 158 Å². The van der Waals surface area contributed by atoms with Crippen molar-refractivity contribution in [2.45, 2.75) is 0 Å². The summed E-state index contributed by atoms with van der Waals surface area (Å²) in [6.07, 6.45) is 0. The fourth-order valence-corrected chi connectivity index (χ4v) is 8.02. The Morgan fingerprint density at radius 1 is 0.278 bits per heavy atom. The van der Waals surface area contributed by atoms with Gasteiger partial charge in [-0.25, -0.2) is 19.9 Å². The van der Waals surface area contributed by atoms with E-state index in [0.29, 0.717) is 0 Å². The normalized spacial score (nSPS) is 12.1. The van der Waals surface area contributed by atoms with Crippen LogP contribution in [-0.4, -0.2) is 19.9 Å². The minimum atomic E-state index is 0.767. The van der Waals surface area contributed by atoms with E-state index in [1.54, 1.807) is 0 Å². The lowest BCUT2D eigenvalue weighted by Gasteiger charge is -2.10. The second-order valence-corrected chi connectivity index (χ2v) is 13.8. The van der Waals surface area contributed by atoms with E-state index in [1.807, 2.05) is 48.5 Å². The molecule has 0 saturated heterocycles. The van der Waals surface area contributed by atoms with Crippen LogP contribution in [0.4, 0.5) is 0 Å². The summed E-state index contributed by atoms with van der Waals surface area (Å²) >= 11 is 0. The van der Waals surface area contributed by atoms with Crippen molar-refractivity contribution < 1.29 is 8.83 Å². The molecule has 6 heterocycles. The summed E-state index contributed by atoms with van der Waals surface area (Å²) in [6.45, 7) is 0. The molecule has 12 aromatic rings. The zero-order valence-corrected chi connectivity index (χ0v) is 28.6. The molecule has 0 N–H and O–H groups in total. The van der Waals surface area contributed by atoms with Crippen LogP contribution in [0.15, 0.2) is 167 Å². The Kier molecular flexibility index (Phi) is 5.96. The number of pyridine rings is 4. The third-order valence-electron chi connectivity index (χ3n) is 10.7. The minimum Gasteiger partial charge on any atom is -0.455 e. The smallest absolute Gasteiger partial charge is 0.144 e. The molecule has 6 nitrogen and oxygen atoms in total. The lowest BCUT2D eigenvalue weighted by atomic mass is 10.0. The fraction of sp³-hybridized carbons (Fsp3) is 0. The molecule has 0 aliphatic heterocycles. The van der Waals surface area contributed by atoms with Gasteiger partial charge in [-0.2, -0.15) is 0 Å². The lowest BCUT2D eigenvalue weighted by Crippen LogP contribution is -1.94. The number of para-hydroxylation sites is 4. The van der Waals surface area contributed by atoms with Crippen molar-refractivity contribution >= 4 is 87.5 Å². The molecule has 0 bridgehead atoms. The predicted molar refractivity (Wildman–Crippen MR) is 219 cm³/mol. The first-order valence-electron chi connectivity index (χ1n) is 18.0. The molecule has 250 valence electrons. The summed E-state index contributed by atoms with van der Waals surface area (Å²) in [7, 11) is 0. The second-order valence-electron chi connectivity index (χ2n) is 13.8. The first-order chi connectivity index (χ1) is 26.7. The van der Waals surface area contributed by atoms with Gasteiger partial charge in [0.15, 0.2) is 0 Å². The minimum absolute atomic E-state index is 0.767. The van der Waals surface area contributed by atoms with E-state index >= 15 is 0 Å². The largest absolute Gasteiger partial charge is 0.455 e. The molecule has 0 fully saturated rings. The van der Waals surface area contributed by atoms with Gasteiger partial charge in [-0.3, -0.25) is 0 Å². The highest BCUT2D eigenvalue weighted by Crippen LogP contribution is 2.38. The maximum absolute atomic E-state index is 6.37. The third-order valence-corrected chi connectivity index (χ3v) is 10.7. The topological polar surface area (TPSA) is 77.8 Å². The average Bonchev–Trinajstić information content (AvgIpc) is 3.82. The molecule has 54 heavy (non-hydrogen) atoms. The van der Waals surface area contributed by atoms with Crippen LogP contribution in [0.5, 0.6) is 0 Å². The molecule has 0 amide bonds. The van der Waals surface area contributed by atoms with Gasteiger partial charge < -0.3 is 8.83 Å². The van der Waals surface area contributed by atoms with Crippen LogP contribution >= 0.6 is 0 Å². The van der Waals surface area contributed by atoms with Crippen LogP contribution in [0.3, 0.4) is 0 Å². The first-order valence-corrected chi connectivity index (χ1v) is 18.0. The molecule has 0 radical (unpaired) electrons. The van der Waals surface area contributed by atoms with E-state index in [2.05, 4.69) is 109 Å². The summed E-state index contributed by atoms with van der Waals surface area (Å²) in [6, 6.07) is 53.8. The van der Waals surface area contributed by atoms with Crippen molar-refractivity contribution in [3.63, 3.8) is 0 Å². The van der Waals surface area contributed by atoms with Crippen molar-refractivity contribution in [3.8, 4) is 33.9 Å². The molecular weight excluding hydrogens is 665 g/mol. The van der Waals surface area contributed by atoms with Gasteiger partial charge >= 0.3 is 0 Å². The number of fused-ring (bicyclic) bond motifs is 12. The Balaban J connectivity index is 1.01. The van der Waals surface area contributed by atoms with E-state index in [4.69, 9.17) is 28.8 Å². The number of hydrogen-bond donors (Lipinski definition) is 0. The van der Waals surface area contributed by atoms with Gasteiger partial charge in [0, 0.05) is 54.2 Å². The van der Waals surface area contributed by atoms with Gasteiger partial charge in [0.05, 0.1) is 44.8 Å². The summed E-state index contributed by atoms with van der Waals surface area (Å²) in [4.78, 5) is 20.9. The zero-order valence-electron chi connectivity index (χ0n) is 28.6. The molecule has 6 heteroatoms. The van der Waals surface area contributed by atoms with Crippen molar-refractivity contribution in [1.82, 2.24) is 19.9 Å². The van der Waals surface area contributed by atoms with Crippen LogP contribution < -0.4 is 0 Å². The summed E-state index contributed by atoms with van der Waals surface area (Å²) in [5.41, 5.74) is 11.8. The van der Waals surface area contributed by atoms with Crippen molar-refractivity contribution in [2.24, 2.45) is 0 Å². The Labute approximate surface area is 307 Å². The van der Waals surface area contributed by atoms with Crippen LogP contribution in [-0.2, 0) is 0 Å². The second kappa shape index (κ2) is 11.0. The van der Waals surface area contributed by atoms with Gasteiger partial charge in [0.1, 0.15) is 22.3 Å². The number of hydrogen-bond acceptors (Lipinski definition) is 6. The predicted octanol–water partition coefficient (Wildman–Crippen LogP) is 12.7. The van der Waals surface area contributed by atoms with Gasteiger partial charge in [-0.15, -0.1) is 0 Å². The standard InChI is InChI=1S/C48H26N4O2/c1-3-13-41-31(7-1)33-9-5-11-35(47(33)53-41)37-23-19-27-15-17-29-21-25-39(51-45(29)43(27)49-37)40-26-22-30-18-16-28-20-24-38(50-44(28)46(30)52-40)36-12-6-10-34-32-8-2-4-14-42(32)54-48(34)36/h1-26H. The number of aromatic nitrogens is 4. The first kappa shape index (κ1) is 29.2. The molecule has 0 aliphatic rings. The molecule has 0 unspecified atom stereocenters. The van der Waals surface area contributed by atoms with E-state index in [9.17, 15) is 0 Å². The van der Waals surface area contributed by atoms with Crippen molar-refractivity contribution in [1.29, 1.82) is 0 Å². The molecule has 0 saturated carbocycles. The molecule has 0 spiro atoms. The zero-order chi connectivity index (χ0) is 35.3. The fourth-order valence-electron chi connectivity index (χ4n) is 8.02. The van der Waals surface area contributed by atoms with Gasteiger partial charge in [-0.1, -0.05) is 109 Å². The van der Waals surface area contributed by atoms with Crippen LogP contribution in [0.25, 0.3) is 121 Å². The molecule has 12 rings (SSSR count). The van der Waals surface area contributed by atoms with E-state index in [0.717, 1.165) is 121 Å². The molecule has 6 aromatic carbocycles. The Morgan fingerprint density at radius 3 is 1.04 bits per heavy atom. The molecule has 0 aliphatic carbocycles. The maximum Gasteiger partial charge on any atom is 0.144 e. The van der Waals surface area contributed by atoms with Crippen LogP contribution in [0.2, 0.25) is 0 Å². The highest BCUT2D eigenvalue weighted by Gasteiger charge is 2.17. The molecule has 6 aromatic heterocycles. The van der Waals surface area contributed by atoms with E-state index in [1.165, 1.54) is 0 Å². The number of nitrogens with zero attached hydrogens (tertiary/aromatic N) is 4. The molecule has 0 atom stereocenters. The van der Waals surface area contributed by atoms with Crippen molar-refractivity contribution in [2.75, 3.05) is 0 Å². The van der Waals surface area contributed by atoms with Gasteiger partial charge in [-0.05, 0) is 48.5 Å².